The molecule has 0 radical (unpaired) electrons. The number of ketones is 1. The molecule has 3 atom stereocenters. The average molecular weight is 1340 g/mol. The molecule has 0 bridgehead atoms. The van der Waals surface area contributed by atoms with Gasteiger partial charge in [0.2, 0.25) is 29.5 Å². The van der Waals surface area contributed by atoms with Gasteiger partial charge >= 0.3 is 5.97 Å². The number of ether oxygens (including phenoxy) is 3. The van der Waals surface area contributed by atoms with Crippen molar-refractivity contribution in [1.29, 1.82) is 0 Å². The lowest BCUT2D eigenvalue weighted by atomic mass is 9.86. The molecule has 28 heteroatoms. The molecule has 1 aliphatic rings. The Morgan fingerprint density at radius 1 is 0.642 bits per heavy atom. The van der Waals surface area contributed by atoms with Gasteiger partial charge in [-0.2, -0.15) is 5.11 Å². The largest absolute Gasteiger partial charge is 0.493 e. The fourth-order valence-electron chi connectivity index (χ4n) is 10.3. The van der Waals surface area contributed by atoms with Crippen LogP contribution < -0.4 is 63.3 Å². The number of hydrogen-bond donors (Lipinski definition) is 11. The molecule has 1 aliphatic carbocycles. The Bertz CT molecular complexity index is 3120. The number of nitrogens with zero attached hydrogens (tertiary/aromatic N) is 3. The van der Waals surface area contributed by atoms with Gasteiger partial charge in [0.05, 0.1) is 50.5 Å². The van der Waals surface area contributed by atoms with E-state index in [1.165, 1.54) is 18.3 Å². The van der Waals surface area contributed by atoms with Crippen LogP contribution in [0.2, 0.25) is 0 Å². The molecular formula is C67H94N12O15S. The highest BCUT2D eigenvalue weighted by molar-refractivity contribution is 7.94. The number of benzene rings is 3. The van der Waals surface area contributed by atoms with E-state index in [4.69, 9.17) is 36.7 Å². The molecule has 1 heterocycles. The van der Waals surface area contributed by atoms with Gasteiger partial charge in [-0.15, -0.1) is 16.0 Å². The highest BCUT2D eigenvalue weighted by Crippen LogP contribution is 2.33. The summed E-state index contributed by atoms with van der Waals surface area (Å²) >= 11 is 0.793. The Balaban J connectivity index is 1.04. The van der Waals surface area contributed by atoms with E-state index in [9.17, 15) is 43.5 Å². The van der Waals surface area contributed by atoms with Crippen molar-refractivity contribution in [2.24, 2.45) is 27.4 Å². The number of azo groups is 1. The van der Waals surface area contributed by atoms with Gasteiger partial charge in [-0.25, -0.2) is 10.2 Å². The van der Waals surface area contributed by atoms with E-state index in [-0.39, 0.29) is 87.8 Å². The second-order valence-corrected chi connectivity index (χ2v) is 23.3. The molecule has 5 rings (SSSR count). The maximum Gasteiger partial charge on any atom is 0.303 e. The zero-order chi connectivity index (χ0) is 68.4. The fourth-order valence-corrected chi connectivity index (χ4v) is 10.8. The number of fused-ring (bicyclic) bond motifs is 1. The Morgan fingerprint density at radius 2 is 1.26 bits per heavy atom. The Kier molecular flexibility index (Phi) is 36.7. The number of nitrogens with two attached hydrogens (primary N) is 3. The van der Waals surface area contributed by atoms with Crippen molar-refractivity contribution < 1.29 is 72.3 Å². The van der Waals surface area contributed by atoms with Crippen LogP contribution >= 0.6 is 12.0 Å². The summed E-state index contributed by atoms with van der Waals surface area (Å²) in [6, 6.07) is 15.9. The third-order valence-corrected chi connectivity index (χ3v) is 16.1. The number of allylic oxidation sites excluding steroid dienone is 1. The third-order valence-electron chi connectivity index (χ3n) is 15.4. The molecule has 14 N–H and O–H groups in total. The minimum atomic E-state index is -1.12. The van der Waals surface area contributed by atoms with Crippen LogP contribution in [0.3, 0.4) is 0 Å². The van der Waals surface area contributed by atoms with Gasteiger partial charge in [0, 0.05) is 60.1 Å². The number of aromatic nitrogens is 1. The number of carbonyl (C=O) groups excluding carboxylic acids is 7. The number of hydrogen-bond acceptors (Lipinski definition) is 21. The highest BCUT2D eigenvalue weighted by Gasteiger charge is 2.30. The van der Waals surface area contributed by atoms with Crippen molar-refractivity contribution in [3.8, 4) is 17.2 Å². The first kappa shape index (κ1) is 77.3. The van der Waals surface area contributed by atoms with Crippen LogP contribution in [0.15, 0.2) is 101 Å². The molecule has 3 unspecified atom stereocenters. The second kappa shape index (κ2) is 45.1. The summed E-state index contributed by atoms with van der Waals surface area (Å²) in [5.74, 6) is -2.06. The number of nitrogens with one attached hydrogen (secondary N) is 6. The van der Waals surface area contributed by atoms with E-state index in [1.807, 2.05) is 18.2 Å². The number of carboxylic acid groups (broad SMARTS) is 1. The predicted molar refractivity (Wildman–Crippen MR) is 357 cm³/mol. The van der Waals surface area contributed by atoms with Crippen LogP contribution in [0.25, 0.3) is 0 Å². The van der Waals surface area contributed by atoms with Gasteiger partial charge in [0.25, 0.3) is 5.91 Å². The zero-order valence-electron chi connectivity index (χ0n) is 54.0. The van der Waals surface area contributed by atoms with Crippen LogP contribution in [0.1, 0.15) is 159 Å². The molecular weight excluding hydrogens is 1240 g/mol. The van der Waals surface area contributed by atoms with E-state index in [0.29, 0.717) is 119 Å². The van der Waals surface area contributed by atoms with Gasteiger partial charge in [-0.1, -0.05) is 35.4 Å². The number of Topliss-reactive ketones (excluding diaryl/α,β-unsaturated/α-hetero) is 1. The number of pyridine rings is 1. The Labute approximate surface area is 559 Å². The molecule has 4 aromatic rings. The minimum absolute atomic E-state index is 0.126. The number of amides is 6. The summed E-state index contributed by atoms with van der Waals surface area (Å²) in [5.41, 5.74) is 21.7. The van der Waals surface area contributed by atoms with E-state index < -0.39 is 60.2 Å². The summed E-state index contributed by atoms with van der Waals surface area (Å²) in [5, 5.41) is 46.4. The quantitative estimate of drug-likeness (QED) is 0.00544. The monoisotopic (exact) mass is 1340 g/mol. The molecule has 518 valence electrons. The van der Waals surface area contributed by atoms with Gasteiger partial charge < -0.3 is 68.4 Å². The second-order valence-electron chi connectivity index (χ2n) is 22.6. The molecule has 0 fully saturated rings. The van der Waals surface area contributed by atoms with Crippen molar-refractivity contribution in [3.63, 3.8) is 0 Å². The molecule has 0 saturated heterocycles. The molecule has 0 aliphatic heterocycles. The van der Waals surface area contributed by atoms with Crippen molar-refractivity contribution in [2.75, 3.05) is 59.1 Å². The maximum atomic E-state index is 14.1. The molecule has 3 aromatic carbocycles. The summed E-state index contributed by atoms with van der Waals surface area (Å²) in [6.45, 7) is 6.07. The molecule has 0 spiro atoms. The number of aliphatic carboxylic acids is 1. The molecule has 6 amide bonds. The third kappa shape index (κ3) is 28.6. The van der Waals surface area contributed by atoms with E-state index in [1.54, 1.807) is 42.5 Å². The standard InChI is InChI=1S/C67H94N12O15S/c1-2-18-50-48-20-14-24-55(80)49(48)30-32-58(50)91-41-13-3-12-40-90-56-25-15-26-57(51(56)31-34-63(83)84)92-42-16-28-61(81)71-38-17-39-72-65(86)52(21-6-9-35-68)77-67(88)54(23-8-11-37-70)78-66(87)53(22-7-10-36-69)76-62(82)45-74-64(85)47-29-33-60(73-43-47)79-75-44-46-19-4-5-27-59(46)95-94-93-89/h2,4-5,15,19,25-27,29-30,32-33,43,52-54,89H,1,3,6-14,16-18,20-24,28,31,34-42,44-45,68-70H2,(H,71,81)(H,72,86)(H,74,85)(H,76,82)(H,77,88)(H,78,87)(H,83,84). The van der Waals surface area contributed by atoms with Crippen molar-refractivity contribution in [3.05, 3.63) is 119 Å². The van der Waals surface area contributed by atoms with Gasteiger partial charge in [0.1, 0.15) is 35.4 Å². The summed E-state index contributed by atoms with van der Waals surface area (Å²) in [4.78, 5) is 110. The molecule has 95 heavy (non-hydrogen) atoms. The Morgan fingerprint density at radius 3 is 1.88 bits per heavy atom. The van der Waals surface area contributed by atoms with E-state index >= 15 is 0 Å². The normalized spacial score (nSPS) is 12.8. The highest BCUT2D eigenvalue weighted by atomic mass is 32.2. The summed E-state index contributed by atoms with van der Waals surface area (Å²) in [7, 11) is 0. The first-order valence-electron chi connectivity index (χ1n) is 32.6. The predicted octanol–water partition coefficient (Wildman–Crippen LogP) is 6.74. The molecule has 1 aromatic heterocycles. The van der Waals surface area contributed by atoms with E-state index in [0.717, 1.165) is 72.2 Å². The SMILES string of the molecule is C=CCc1c(OCCCCCOc2cccc(OCCCC(=O)NCCCNC(=O)C(CCCCN)NC(=O)C(CCCCN)NC(=O)C(CCCCN)NC(=O)CNC(=O)c3ccc(N=NCc4ccccc4SOOO)nc3)c2CCC(=O)O)ccc2c1CCCC2=O. The lowest BCUT2D eigenvalue weighted by molar-refractivity contribution is -0.432. The van der Waals surface area contributed by atoms with E-state index in [2.05, 4.69) is 63.1 Å². The van der Waals surface area contributed by atoms with Crippen LogP contribution in [0, 0.1) is 0 Å². The van der Waals surface area contributed by atoms with Crippen LogP contribution in [0.5, 0.6) is 17.2 Å². The van der Waals surface area contributed by atoms with Gasteiger partial charge in [0.15, 0.2) is 11.6 Å². The summed E-state index contributed by atoms with van der Waals surface area (Å²) < 4.78 is 23.0. The fraction of sp³-hybridized carbons (Fsp3) is 0.507. The molecule has 27 nitrogen and oxygen atoms in total. The lowest BCUT2D eigenvalue weighted by Gasteiger charge is -2.25. The van der Waals surface area contributed by atoms with Gasteiger partial charge in [-0.3, -0.25) is 38.4 Å². The van der Waals surface area contributed by atoms with Gasteiger partial charge in [-0.05, 0) is 189 Å². The number of unbranched alkanes of at least 4 members (excludes halogenated alkanes) is 5. The summed E-state index contributed by atoms with van der Waals surface area (Å²) in [6.07, 6.45) is 12.9. The first-order valence-corrected chi connectivity index (χ1v) is 33.3. The maximum absolute atomic E-state index is 14.1. The van der Waals surface area contributed by atoms with Crippen molar-refractivity contribution >= 4 is 65.1 Å². The zero-order valence-corrected chi connectivity index (χ0v) is 54.9. The number of carboxylic acids is 1. The van der Waals surface area contributed by atoms with Crippen molar-refractivity contribution in [2.45, 2.75) is 164 Å². The minimum Gasteiger partial charge on any atom is -0.493 e. The lowest BCUT2D eigenvalue weighted by Crippen LogP contribution is -2.57. The van der Waals surface area contributed by atoms with Crippen LogP contribution in [0.4, 0.5) is 5.82 Å². The smallest absolute Gasteiger partial charge is 0.303 e. The topological polar surface area (TPSA) is 411 Å². The molecule has 0 saturated carbocycles. The Hall–Kier alpha value is -8.38. The number of carbonyl (C=O) groups is 8. The van der Waals surface area contributed by atoms with Crippen LogP contribution in [-0.2, 0) is 63.9 Å². The van der Waals surface area contributed by atoms with Crippen molar-refractivity contribution in [1.82, 2.24) is 36.9 Å². The van der Waals surface area contributed by atoms with Crippen LogP contribution in [-0.4, -0.2) is 140 Å². The number of rotatable bonds is 49. The first-order chi connectivity index (χ1) is 46.2. The average Bonchev–Trinajstić information content (AvgIpc) is 0.825.